The number of aromatic nitrogens is 4. The van der Waals surface area contributed by atoms with Gasteiger partial charge in [-0.05, 0) is 53.7 Å². The number of rotatable bonds is 5. The molecule has 0 radical (unpaired) electrons. The smallest absolute Gasteiger partial charge is 0.188 e. The Labute approximate surface area is 164 Å². The third-order valence-corrected chi connectivity index (χ3v) is 5.78. The summed E-state index contributed by atoms with van der Waals surface area (Å²) in [5.74, 6) is 0.723. The van der Waals surface area contributed by atoms with Crippen LogP contribution in [-0.4, -0.2) is 39.8 Å². The van der Waals surface area contributed by atoms with Gasteiger partial charge in [-0.15, -0.1) is 10.2 Å². The number of nitrogens with one attached hydrogen (secondary N) is 2. The maximum Gasteiger partial charge on any atom is 0.188 e. The zero-order chi connectivity index (χ0) is 18.8. The van der Waals surface area contributed by atoms with Gasteiger partial charge in [-0.1, -0.05) is 47.7 Å². The first kappa shape index (κ1) is 17.1. The number of H-pyrrole nitrogens is 1. The lowest BCUT2D eigenvalue weighted by Crippen LogP contribution is -2.42. The third-order valence-electron chi connectivity index (χ3n) is 5.78. The minimum absolute atomic E-state index is 0.505. The first-order chi connectivity index (χ1) is 13.8. The van der Waals surface area contributed by atoms with Crippen LogP contribution < -0.4 is 10.2 Å². The van der Waals surface area contributed by atoms with Gasteiger partial charge < -0.3 is 10.2 Å². The van der Waals surface area contributed by atoms with Crippen molar-refractivity contribution in [3.63, 3.8) is 0 Å². The molecule has 0 atom stereocenters. The highest BCUT2D eigenvalue weighted by atomic mass is 15.5. The molecule has 6 heteroatoms. The maximum absolute atomic E-state index is 4.00. The summed E-state index contributed by atoms with van der Waals surface area (Å²) >= 11 is 0. The number of hydrogen-bond acceptors (Lipinski definition) is 5. The summed E-state index contributed by atoms with van der Waals surface area (Å²) in [5, 5.41) is 17.6. The third kappa shape index (κ3) is 3.55. The Morgan fingerprint density at radius 1 is 1.07 bits per heavy atom. The van der Waals surface area contributed by atoms with Gasteiger partial charge in [0, 0.05) is 24.8 Å². The quantitative estimate of drug-likeness (QED) is 0.720. The van der Waals surface area contributed by atoms with Crippen molar-refractivity contribution in [2.24, 2.45) is 0 Å². The minimum atomic E-state index is 0.505. The summed E-state index contributed by atoms with van der Waals surface area (Å²) in [6.07, 6.45) is 5.61. The molecule has 28 heavy (non-hydrogen) atoms. The van der Waals surface area contributed by atoms with Crippen LogP contribution >= 0.6 is 0 Å². The van der Waals surface area contributed by atoms with E-state index in [-0.39, 0.29) is 0 Å². The van der Waals surface area contributed by atoms with E-state index < -0.39 is 0 Å². The highest BCUT2D eigenvalue weighted by Crippen LogP contribution is 2.33. The fourth-order valence-corrected chi connectivity index (χ4v) is 4.20. The number of hydrogen-bond donors (Lipinski definition) is 2. The van der Waals surface area contributed by atoms with Crippen molar-refractivity contribution in [1.29, 1.82) is 0 Å². The molecule has 2 aromatic carbocycles. The Bertz CT molecular complexity index is 970. The van der Waals surface area contributed by atoms with Crippen molar-refractivity contribution in [1.82, 2.24) is 25.9 Å². The van der Waals surface area contributed by atoms with Crippen molar-refractivity contribution >= 4 is 17.3 Å². The number of benzene rings is 2. The van der Waals surface area contributed by atoms with E-state index >= 15 is 0 Å². The average molecular weight is 372 g/mol. The fraction of sp³-hybridized carbons (Fsp3) is 0.318. The second-order valence-corrected chi connectivity index (χ2v) is 7.57. The molecule has 0 bridgehead atoms. The highest BCUT2D eigenvalue weighted by molar-refractivity contribution is 5.89. The zero-order valence-electron chi connectivity index (χ0n) is 15.8. The summed E-state index contributed by atoms with van der Waals surface area (Å²) in [6, 6.07) is 18.2. The molecular weight excluding hydrogens is 348 g/mol. The van der Waals surface area contributed by atoms with Gasteiger partial charge in [0.25, 0.3) is 0 Å². The van der Waals surface area contributed by atoms with Gasteiger partial charge in [-0.3, -0.25) is 0 Å². The summed E-state index contributed by atoms with van der Waals surface area (Å²) in [5.41, 5.74) is 6.87. The van der Waals surface area contributed by atoms with Crippen LogP contribution in [0.25, 0.3) is 11.6 Å². The van der Waals surface area contributed by atoms with Crippen LogP contribution in [0.1, 0.15) is 35.4 Å². The van der Waals surface area contributed by atoms with E-state index in [2.05, 4.69) is 85.4 Å². The minimum Gasteiger partial charge on any atom is -0.371 e. The van der Waals surface area contributed by atoms with Crippen LogP contribution in [0.2, 0.25) is 0 Å². The van der Waals surface area contributed by atoms with Crippen LogP contribution in [0.3, 0.4) is 0 Å². The van der Waals surface area contributed by atoms with Crippen LogP contribution in [0.4, 0.5) is 5.69 Å². The molecule has 2 N–H and O–H groups in total. The normalized spacial score (nSPS) is 16.9. The zero-order valence-corrected chi connectivity index (χ0v) is 15.8. The van der Waals surface area contributed by atoms with Crippen LogP contribution in [0.15, 0.2) is 48.5 Å². The topological polar surface area (TPSA) is 69.7 Å². The standard InChI is InChI=1S/C22H24N6/c1-2-5-17-13-19(12-16(17)4-1)18-6-3-7-21(14-18)28-10-8-20(9-11-28)23-15-22-24-26-27-25-22/h1-7,12,14,20,23H,8-11,13,15H2,(H,24,25,26,27). The average Bonchev–Trinajstić information content (AvgIpc) is 3.42. The van der Waals surface area contributed by atoms with Crippen LogP contribution in [0, 0.1) is 0 Å². The second kappa shape index (κ2) is 7.56. The molecule has 1 aromatic heterocycles. The Kier molecular flexibility index (Phi) is 4.62. The summed E-state index contributed by atoms with van der Waals surface area (Å²) in [6.45, 7) is 2.80. The van der Waals surface area contributed by atoms with E-state index in [4.69, 9.17) is 0 Å². The van der Waals surface area contributed by atoms with Gasteiger partial charge in [0.2, 0.25) is 0 Å². The highest BCUT2D eigenvalue weighted by Gasteiger charge is 2.20. The summed E-state index contributed by atoms with van der Waals surface area (Å²) < 4.78 is 0. The van der Waals surface area contributed by atoms with E-state index in [1.165, 1.54) is 28.0 Å². The number of nitrogens with zero attached hydrogens (tertiary/aromatic N) is 4. The molecule has 0 saturated carbocycles. The Morgan fingerprint density at radius 2 is 1.96 bits per heavy atom. The van der Waals surface area contributed by atoms with Crippen LogP contribution in [-0.2, 0) is 13.0 Å². The monoisotopic (exact) mass is 372 g/mol. The molecule has 1 aliphatic carbocycles. The molecule has 0 unspecified atom stereocenters. The van der Waals surface area contributed by atoms with E-state index in [1.807, 2.05) is 0 Å². The van der Waals surface area contributed by atoms with Gasteiger partial charge in [0.1, 0.15) is 0 Å². The molecular formula is C22H24N6. The molecule has 0 spiro atoms. The number of aromatic amines is 1. The number of allylic oxidation sites excluding steroid dienone is 1. The molecule has 142 valence electrons. The van der Waals surface area contributed by atoms with Crippen molar-refractivity contribution < 1.29 is 0 Å². The molecule has 2 heterocycles. The molecule has 1 aliphatic heterocycles. The molecule has 0 amide bonds. The largest absolute Gasteiger partial charge is 0.371 e. The fourth-order valence-electron chi connectivity index (χ4n) is 4.20. The number of anilines is 1. The molecule has 3 aromatic rings. The van der Waals surface area contributed by atoms with Gasteiger partial charge in [0.15, 0.2) is 5.82 Å². The Morgan fingerprint density at radius 3 is 2.79 bits per heavy atom. The second-order valence-electron chi connectivity index (χ2n) is 7.57. The predicted molar refractivity (Wildman–Crippen MR) is 111 cm³/mol. The predicted octanol–water partition coefficient (Wildman–Crippen LogP) is 3.06. The molecule has 1 fully saturated rings. The van der Waals surface area contributed by atoms with Crippen molar-refractivity contribution in [2.45, 2.75) is 31.8 Å². The molecule has 1 saturated heterocycles. The number of tetrazole rings is 1. The Hall–Kier alpha value is -2.99. The first-order valence-corrected chi connectivity index (χ1v) is 9.95. The lowest BCUT2D eigenvalue weighted by Gasteiger charge is -2.34. The van der Waals surface area contributed by atoms with Gasteiger partial charge in [-0.2, -0.15) is 5.21 Å². The summed E-state index contributed by atoms with van der Waals surface area (Å²) in [4.78, 5) is 2.50. The van der Waals surface area contributed by atoms with Gasteiger partial charge in [-0.25, -0.2) is 0 Å². The maximum atomic E-state index is 4.00. The van der Waals surface area contributed by atoms with Gasteiger partial charge in [0.05, 0.1) is 6.54 Å². The van der Waals surface area contributed by atoms with Gasteiger partial charge >= 0.3 is 0 Å². The summed E-state index contributed by atoms with van der Waals surface area (Å²) in [7, 11) is 0. The van der Waals surface area contributed by atoms with Crippen LogP contribution in [0.5, 0.6) is 0 Å². The van der Waals surface area contributed by atoms with E-state index in [0.29, 0.717) is 12.6 Å². The van der Waals surface area contributed by atoms with Crippen molar-refractivity contribution in [2.75, 3.05) is 18.0 Å². The number of piperidine rings is 1. The van der Waals surface area contributed by atoms with Crippen molar-refractivity contribution in [3.05, 3.63) is 71.0 Å². The molecule has 6 nitrogen and oxygen atoms in total. The lowest BCUT2D eigenvalue weighted by atomic mass is 10.0. The molecule has 2 aliphatic rings. The SMILES string of the molecule is C1=C(c2cccc(N3CCC(NCc4nn[nH]n4)CC3)c2)Cc2ccccc21. The first-order valence-electron chi connectivity index (χ1n) is 9.95. The van der Waals surface area contributed by atoms with Crippen molar-refractivity contribution in [3.8, 4) is 0 Å². The molecule has 5 rings (SSSR count). The Balaban J connectivity index is 1.22. The van der Waals surface area contributed by atoms with E-state index in [0.717, 1.165) is 38.2 Å². The number of fused-ring (bicyclic) bond motifs is 1. The lowest BCUT2D eigenvalue weighted by molar-refractivity contribution is 0.410. The van der Waals surface area contributed by atoms with E-state index in [1.54, 1.807) is 0 Å². The van der Waals surface area contributed by atoms with E-state index in [9.17, 15) is 0 Å².